The van der Waals surface area contributed by atoms with E-state index in [2.05, 4.69) is 237 Å². The molecule has 9 rings (SSSR count). The first-order chi connectivity index (χ1) is 29.2. The number of aryl methyl sites for hydroxylation is 1. The third kappa shape index (κ3) is 7.08. The Hall–Kier alpha value is -5.02. The number of rotatable bonds is 3. The molecule has 0 saturated carbocycles. The van der Waals surface area contributed by atoms with Crippen LogP contribution in [0.15, 0.2) is 109 Å². The summed E-state index contributed by atoms with van der Waals surface area (Å²) >= 11 is 0. The van der Waals surface area contributed by atoms with Crippen LogP contribution in [0.5, 0.6) is 0 Å². The highest BCUT2D eigenvalue weighted by molar-refractivity contribution is 7.00. The second-order valence-electron chi connectivity index (χ2n) is 24.8. The monoisotopic (exact) mass is 831 g/mol. The van der Waals surface area contributed by atoms with Crippen molar-refractivity contribution < 1.29 is 0 Å². The Balaban J connectivity index is 1.46. The fourth-order valence-electron chi connectivity index (χ4n) is 11.3. The van der Waals surface area contributed by atoms with Crippen LogP contribution < -0.4 is 26.2 Å². The van der Waals surface area contributed by atoms with Gasteiger partial charge in [0.25, 0.3) is 6.71 Å². The highest BCUT2D eigenvalue weighted by Gasteiger charge is 2.49. The summed E-state index contributed by atoms with van der Waals surface area (Å²) in [5, 5.41) is 0. The molecule has 0 atom stereocenters. The average Bonchev–Trinajstić information content (AvgIpc) is 3.37. The molecule has 3 aliphatic rings. The van der Waals surface area contributed by atoms with Crippen molar-refractivity contribution >= 4 is 57.2 Å². The lowest BCUT2D eigenvalue weighted by Gasteiger charge is -2.46. The van der Waals surface area contributed by atoms with Crippen LogP contribution in [-0.2, 0) is 32.5 Å². The van der Waals surface area contributed by atoms with E-state index in [0.29, 0.717) is 0 Å². The van der Waals surface area contributed by atoms with E-state index in [4.69, 9.17) is 0 Å². The van der Waals surface area contributed by atoms with Gasteiger partial charge in [-0.3, -0.25) is 0 Å². The predicted molar refractivity (Wildman–Crippen MR) is 276 cm³/mol. The lowest BCUT2D eigenvalue weighted by molar-refractivity contribution is 0.403. The Morgan fingerprint density at radius 3 is 1.43 bits per heavy atom. The van der Waals surface area contributed by atoms with Gasteiger partial charge in [0.1, 0.15) is 0 Å². The number of anilines is 6. The summed E-state index contributed by atoms with van der Waals surface area (Å²) < 4.78 is 0. The van der Waals surface area contributed by atoms with Crippen molar-refractivity contribution in [2.24, 2.45) is 0 Å². The van der Waals surface area contributed by atoms with Gasteiger partial charge in [0, 0.05) is 34.0 Å². The molecule has 0 aromatic heterocycles. The highest BCUT2D eigenvalue weighted by Crippen LogP contribution is 2.54. The van der Waals surface area contributed by atoms with Crippen LogP contribution in [0.25, 0.3) is 11.1 Å². The Labute approximate surface area is 381 Å². The Morgan fingerprint density at radius 1 is 0.429 bits per heavy atom. The summed E-state index contributed by atoms with van der Waals surface area (Å²) in [5.41, 5.74) is 24.0. The standard InChI is InChI=1S/C60H71BN2/c1-37-29-39(55(2,3)4)23-26-48(37)62-51-35-45-44(59(14,15)36-60(45,16)17)34-47(51)61-46-31-41(57(8,9)10)25-28-50(46)63(53-33-42(58(11,12)13)32-52(62)54(53)61)49-27-24-40(56(5,6)7)30-43(49)38-21-19-18-20-22-38/h18-35H,36H2,1-17H3. The van der Waals surface area contributed by atoms with E-state index in [1.165, 1.54) is 101 Å². The molecule has 0 fully saturated rings. The van der Waals surface area contributed by atoms with Crippen LogP contribution >= 0.6 is 0 Å². The van der Waals surface area contributed by atoms with Crippen LogP contribution in [0.1, 0.15) is 156 Å². The van der Waals surface area contributed by atoms with Crippen molar-refractivity contribution in [3.8, 4) is 11.1 Å². The van der Waals surface area contributed by atoms with E-state index in [0.717, 1.165) is 6.42 Å². The molecule has 0 unspecified atom stereocenters. The van der Waals surface area contributed by atoms with Crippen molar-refractivity contribution in [1.29, 1.82) is 0 Å². The largest absolute Gasteiger partial charge is 0.311 e. The zero-order valence-corrected chi connectivity index (χ0v) is 41.6. The smallest absolute Gasteiger partial charge is 0.252 e. The molecule has 0 N–H and O–H groups in total. The molecule has 63 heavy (non-hydrogen) atoms. The first-order valence-electron chi connectivity index (χ1n) is 23.6. The summed E-state index contributed by atoms with van der Waals surface area (Å²) in [6.45, 7) is 40.4. The Bertz CT molecular complexity index is 2810. The van der Waals surface area contributed by atoms with Gasteiger partial charge in [0.05, 0.1) is 5.69 Å². The molecule has 0 spiro atoms. The number of hydrogen-bond acceptors (Lipinski definition) is 2. The number of nitrogens with zero attached hydrogens (tertiary/aromatic N) is 2. The topological polar surface area (TPSA) is 6.48 Å². The third-order valence-corrected chi connectivity index (χ3v) is 14.8. The zero-order chi connectivity index (χ0) is 45.6. The molecule has 324 valence electrons. The second-order valence-corrected chi connectivity index (χ2v) is 24.8. The maximum Gasteiger partial charge on any atom is 0.252 e. The van der Waals surface area contributed by atoms with Crippen molar-refractivity contribution in [1.82, 2.24) is 0 Å². The van der Waals surface area contributed by atoms with Crippen LogP contribution in [0.2, 0.25) is 0 Å². The minimum atomic E-state index is -0.109. The van der Waals surface area contributed by atoms with E-state index in [1.807, 2.05) is 0 Å². The minimum Gasteiger partial charge on any atom is -0.311 e. The lowest BCUT2D eigenvalue weighted by Crippen LogP contribution is -2.62. The molecule has 0 radical (unpaired) electrons. The second kappa shape index (κ2) is 14.0. The van der Waals surface area contributed by atoms with Gasteiger partial charge < -0.3 is 9.80 Å². The first-order valence-corrected chi connectivity index (χ1v) is 23.6. The molecule has 6 aromatic carbocycles. The highest BCUT2D eigenvalue weighted by atomic mass is 15.2. The van der Waals surface area contributed by atoms with Crippen LogP contribution in [0.4, 0.5) is 34.1 Å². The molecule has 2 nitrogen and oxygen atoms in total. The van der Waals surface area contributed by atoms with Crippen molar-refractivity contribution in [3.05, 3.63) is 148 Å². The predicted octanol–water partition coefficient (Wildman–Crippen LogP) is 14.9. The minimum absolute atomic E-state index is 0.00685. The van der Waals surface area contributed by atoms with E-state index >= 15 is 0 Å². The number of benzene rings is 6. The molecule has 0 saturated heterocycles. The quantitative estimate of drug-likeness (QED) is 0.164. The van der Waals surface area contributed by atoms with Gasteiger partial charge >= 0.3 is 0 Å². The molecule has 1 aliphatic carbocycles. The molecule has 3 heteroatoms. The molecular formula is C60H71BN2. The van der Waals surface area contributed by atoms with Crippen LogP contribution in [0.3, 0.4) is 0 Å². The van der Waals surface area contributed by atoms with E-state index in [-0.39, 0.29) is 39.2 Å². The summed E-state index contributed by atoms with van der Waals surface area (Å²) in [5.74, 6) is 0. The fraction of sp³-hybridized carbons (Fsp3) is 0.400. The molecule has 2 heterocycles. The zero-order valence-electron chi connectivity index (χ0n) is 41.6. The van der Waals surface area contributed by atoms with Gasteiger partial charge in [-0.05, 0) is 149 Å². The third-order valence-electron chi connectivity index (χ3n) is 14.8. The van der Waals surface area contributed by atoms with Gasteiger partial charge in [-0.2, -0.15) is 0 Å². The maximum absolute atomic E-state index is 2.68. The molecule has 2 aliphatic heterocycles. The normalized spacial score (nSPS) is 16.4. The number of fused-ring (bicyclic) bond motifs is 5. The van der Waals surface area contributed by atoms with Crippen LogP contribution in [0, 0.1) is 6.92 Å². The van der Waals surface area contributed by atoms with Gasteiger partial charge in [-0.25, -0.2) is 0 Å². The number of hydrogen-bond donors (Lipinski definition) is 0. The van der Waals surface area contributed by atoms with E-state index in [1.54, 1.807) is 0 Å². The maximum atomic E-state index is 2.68. The Morgan fingerprint density at radius 2 is 0.889 bits per heavy atom. The van der Waals surface area contributed by atoms with Gasteiger partial charge in [0.15, 0.2) is 0 Å². The molecule has 0 amide bonds. The summed E-state index contributed by atoms with van der Waals surface area (Å²) in [6.07, 6.45) is 1.12. The molecule has 6 aromatic rings. The summed E-state index contributed by atoms with van der Waals surface area (Å²) in [6, 6.07) is 43.4. The van der Waals surface area contributed by atoms with Crippen LogP contribution in [-0.4, -0.2) is 6.71 Å². The van der Waals surface area contributed by atoms with E-state index < -0.39 is 0 Å². The first kappa shape index (κ1) is 43.2. The lowest BCUT2D eigenvalue weighted by atomic mass is 9.33. The SMILES string of the molecule is Cc1cc(C(C)(C)C)ccc1N1c2cc3c(cc2B2c4cc(C(C)(C)C)ccc4N(c4ccc(C(C)(C)C)cc4-c4ccccc4)c4cc(C(C)(C)C)cc1c42)C(C)(C)CC3(C)C. The van der Waals surface area contributed by atoms with Gasteiger partial charge in [0.2, 0.25) is 0 Å². The molecule has 0 bridgehead atoms. The Kier molecular flexibility index (Phi) is 9.60. The van der Waals surface area contributed by atoms with Crippen molar-refractivity contribution in [2.45, 2.75) is 157 Å². The van der Waals surface area contributed by atoms with Gasteiger partial charge in [-0.15, -0.1) is 0 Å². The van der Waals surface area contributed by atoms with Crippen molar-refractivity contribution in [2.75, 3.05) is 9.80 Å². The van der Waals surface area contributed by atoms with E-state index in [9.17, 15) is 0 Å². The average molecular weight is 831 g/mol. The summed E-state index contributed by atoms with van der Waals surface area (Å²) in [7, 11) is 0. The summed E-state index contributed by atoms with van der Waals surface area (Å²) in [4.78, 5) is 5.33. The van der Waals surface area contributed by atoms with Gasteiger partial charge in [-0.1, -0.05) is 178 Å². The molecular weight excluding hydrogens is 759 g/mol. The van der Waals surface area contributed by atoms with Crippen molar-refractivity contribution in [3.63, 3.8) is 0 Å². The fourth-order valence-corrected chi connectivity index (χ4v) is 11.3.